The zero-order valence-corrected chi connectivity index (χ0v) is 20.5. The molecule has 0 radical (unpaired) electrons. The first-order valence-corrected chi connectivity index (χ1v) is 12.3. The third kappa shape index (κ3) is 5.92. The molecule has 0 aliphatic carbocycles. The number of rotatable bonds is 6. The maximum absolute atomic E-state index is 13.5. The summed E-state index contributed by atoms with van der Waals surface area (Å²) < 4.78 is 52.6. The number of nitrogens with zero attached hydrogens (tertiary/aromatic N) is 1. The Balaban J connectivity index is 1.64. The van der Waals surface area contributed by atoms with E-state index < -0.39 is 23.7 Å². The van der Waals surface area contributed by atoms with Crippen LogP contribution in [0.15, 0.2) is 35.3 Å². The van der Waals surface area contributed by atoms with Crippen LogP contribution in [-0.2, 0) is 15.7 Å². The Morgan fingerprint density at radius 3 is 2.36 bits per heavy atom. The number of anilines is 1. The van der Waals surface area contributed by atoms with Gasteiger partial charge in [0.15, 0.2) is 0 Å². The monoisotopic (exact) mass is 507 g/mol. The molecule has 10 heteroatoms. The third-order valence-corrected chi connectivity index (χ3v) is 6.99. The fourth-order valence-electron chi connectivity index (χ4n) is 4.94. The van der Waals surface area contributed by atoms with E-state index in [2.05, 4.69) is 10.6 Å². The molecule has 4 rings (SSSR count). The van der Waals surface area contributed by atoms with Gasteiger partial charge in [0, 0.05) is 50.8 Å². The van der Waals surface area contributed by atoms with Gasteiger partial charge in [-0.05, 0) is 56.7 Å². The van der Waals surface area contributed by atoms with Crippen molar-refractivity contribution in [1.29, 1.82) is 0 Å². The van der Waals surface area contributed by atoms with Crippen molar-refractivity contribution in [3.05, 3.63) is 63.1 Å². The summed E-state index contributed by atoms with van der Waals surface area (Å²) in [5.74, 6) is -0.463. The number of carbonyl (C=O) groups excluding carboxylic acids is 1. The van der Waals surface area contributed by atoms with Crippen molar-refractivity contribution in [2.45, 2.75) is 63.8 Å². The molecule has 2 aromatic rings. The lowest BCUT2D eigenvalue weighted by molar-refractivity contribution is -0.138. The minimum Gasteiger partial charge on any atom is -0.381 e. The van der Waals surface area contributed by atoms with Crippen molar-refractivity contribution in [2.75, 3.05) is 31.7 Å². The Hall–Kier alpha value is -2.85. The van der Waals surface area contributed by atoms with Crippen molar-refractivity contribution < 1.29 is 27.4 Å². The van der Waals surface area contributed by atoms with Crippen LogP contribution in [0.2, 0.25) is 0 Å². The topological polar surface area (TPSA) is 81.6 Å². The first kappa shape index (κ1) is 26.2. The lowest BCUT2D eigenvalue weighted by Gasteiger charge is -2.28. The predicted molar refractivity (Wildman–Crippen MR) is 129 cm³/mol. The van der Waals surface area contributed by atoms with E-state index in [1.54, 1.807) is 23.8 Å². The van der Waals surface area contributed by atoms with Gasteiger partial charge in [-0.25, -0.2) is 0 Å². The molecule has 2 fully saturated rings. The van der Waals surface area contributed by atoms with Crippen LogP contribution in [0.25, 0.3) is 0 Å². The number of benzene rings is 1. The van der Waals surface area contributed by atoms with Crippen LogP contribution in [0.3, 0.4) is 0 Å². The number of carbonyl (C=O) groups is 1. The van der Waals surface area contributed by atoms with E-state index in [4.69, 9.17) is 9.47 Å². The van der Waals surface area contributed by atoms with Gasteiger partial charge in [-0.2, -0.15) is 13.2 Å². The average Bonchev–Trinajstić information content (AvgIpc) is 2.84. The largest absolute Gasteiger partial charge is 0.416 e. The molecule has 2 N–H and O–H groups in total. The molecule has 36 heavy (non-hydrogen) atoms. The van der Waals surface area contributed by atoms with Crippen LogP contribution in [0.1, 0.15) is 71.7 Å². The molecule has 1 unspecified atom stereocenters. The summed E-state index contributed by atoms with van der Waals surface area (Å²) in [4.78, 5) is 26.5. The van der Waals surface area contributed by atoms with Gasteiger partial charge in [-0.3, -0.25) is 9.59 Å². The Kier molecular flexibility index (Phi) is 8.04. The number of halogens is 3. The standard InChI is InChI=1S/C26H32F3N3O4/c1-16-20(4-3-5-22(16)26(27,28)29)17(2)30-25(34)21-15-32(19-8-12-36-13-9-19)24(33)14-23(21)31-18-6-10-35-11-7-18/h3-5,14-15,17-19,31H,6-13H2,1-2H3,(H,30,34). The van der Waals surface area contributed by atoms with Crippen LogP contribution in [0.4, 0.5) is 18.9 Å². The first-order chi connectivity index (χ1) is 17.1. The second-order valence-corrected chi connectivity index (χ2v) is 9.43. The van der Waals surface area contributed by atoms with Gasteiger partial charge in [0.25, 0.3) is 11.5 Å². The molecule has 2 aliphatic heterocycles. The number of ether oxygens (including phenoxy) is 2. The highest BCUT2D eigenvalue weighted by Crippen LogP contribution is 2.34. The molecule has 0 saturated carbocycles. The van der Waals surface area contributed by atoms with E-state index in [-0.39, 0.29) is 28.8 Å². The molecule has 0 bridgehead atoms. The van der Waals surface area contributed by atoms with E-state index in [0.717, 1.165) is 18.9 Å². The second-order valence-electron chi connectivity index (χ2n) is 9.43. The number of pyridine rings is 1. The zero-order valence-electron chi connectivity index (χ0n) is 20.5. The molecule has 1 aromatic heterocycles. The van der Waals surface area contributed by atoms with Crippen LogP contribution in [0, 0.1) is 6.92 Å². The SMILES string of the molecule is Cc1c(C(C)NC(=O)c2cn(C3CCOCC3)c(=O)cc2NC2CCOCC2)cccc1C(F)(F)F. The lowest BCUT2D eigenvalue weighted by Crippen LogP contribution is -2.35. The van der Waals surface area contributed by atoms with Crippen molar-refractivity contribution >= 4 is 11.6 Å². The van der Waals surface area contributed by atoms with Crippen molar-refractivity contribution in [2.24, 2.45) is 0 Å². The Labute approximate surface area is 208 Å². The average molecular weight is 508 g/mol. The zero-order chi connectivity index (χ0) is 25.9. The fraction of sp³-hybridized carbons (Fsp3) is 0.538. The van der Waals surface area contributed by atoms with Crippen molar-refractivity contribution in [3.8, 4) is 0 Å². The second kappa shape index (κ2) is 11.0. The Morgan fingerprint density at radius 1 is 1.08 bits per heavy atom. The van der Waals surface area contributed by atoms with E-state index in [9.17, 15) is 22.8 Å². The summed E-state index contributed by atoms with van der Waals surface area (Å²) in [5, 5.41) is 6.18. The molecule has 3 heterocycles. The molecule has 2 saturated heterocycles. The van der Waals surface area contributed by atoms with Crippen molar-refractivity contribution in [3.63, 3.8) is 0 Å². The maximum atomic E-state index is 13.5. The molecule has 196 valence electrons. The van der Waals surface area contributed by atoms with Gasteiger partial charge in [0.05, 0.1) is 22.9 Å². The summed E-state index contributed by atoms with van der Waals surface area (Å²) in [5.41, 5.74) is 0.218. The predicted octanol–water partition coefficient (Wildman–Crippen LogP) is 4.61. The van der Waals surface area contributed by atoms with Crippen LogP contribution >= 0.6 is 0 Å². The van der Waals surface area contributed by atoms with Gasteiger partial charge in [0.2, 0.25) is 0 Å². The highest BCUT2D eigenvalue weighted by molar-refractivity contribution is 5.99. The molecule has 1 amide bonds. The minimum absolute atomic E-state index is 0.0479. The third-order valence-electron chi connectivity index (χ3n) is 6.99. The van der Waals surface area contributed by atoms with Crippen molar-refractivity contribution in [1.82, 2.24) is 9.88 Å². The maximum Gasteiger partial charge on any atom is 0.416 e. The molecule has 2 aliphatic rings. The number of hydrogen-bond donors (Lipinski definition) is 2. The van der Waals surface area contributed by atoms with Crippen LogP contribution in [0.5, 0.6) is 0 Å². The summed E-state index contributed by atoms with van der Waals surface area (Å²) in [7, 11) is 0. The number of aromatic nitrogens is 1. The van der Waals surface area contributed by atoms with Gasteiger partial charge in [0.1, 0.15) is 0 Å². The lowest BCUT2D eigenvalue weighted by atomic mass is 9.97. The van der Waals surface area contributed by atoms with E-state index >= 15 is 0 Å². The molecule has 1 aromatic carbocycles. The molecule has 7 nitrogen and oxygen atoms in total. The molecular weight excluding hydrogens is 475 g/mol. The summed E-state index contributed by atoms with van der Waals surface area (Å²) in [6, 6.07) is 4.69. The fourth-order valence-corrected chi connectivity index (χ4v) is 4.94. The number of nitrogens with one attached hydrogen (secondary N) is 2. The number of hydrogen-bond acceptors (Lipinski definition) is 5. The first-order valence-electron chi connectivity index (χ1n) is 12.3. The smallest absolute Gasteiger partial charge is 0.381 e. The quantitative estimate of drug-likeness (QED) is 0.597. The summed E-state index contributed by atoms with van der Waals surface area (Å²) in [6.07, 6.45) is -0.111. The van der Waals surface area contributed by atoms with Gasteiger partial charge >= 0.3 is 6.18 Å². The number of alkyl halides is 3. The molecular formula is C26H32F3N3O4. The highest BCUT2D eigenvalue weighted by atomic mass is 19.4. The summed E-state index contributed by atoms with van der Waals surface area (Å²) >= 11 is 0. The Morgan fingerprint density at radius 2 is 1.72 bits per heavy atom. The van der Waals surface area contributed by atoms with Crippen LogP contribution in [-0.4, -0.2) is 42.9 Å². The Bertz CT molecular complexity index is 1140. The van der Waals surface area contributed by atoms with Gasteiger partial charge < -0.3 is 24.7 Å². The van der Waals surface area contributed by atoms with Gasteiger partial charge in [-0.1, -0.05) is 12.1 Å². The van der Waals surface area contributed by atoms with E-state index in [1.807, 2.05) is 0 Å². The van der Waals surface area contributed by atoms with E-state index in [0.29, 0.717) is 50.5 Å². The molecule has 1 atom stereocenters. The summed E-state index contributed by atoms with van der Waals surface area (Å²) in [6.45, 7) is 5.30. The van der Waals surface area contributed by atoms with E-state index in [1.165, 1.54) is 19.1 Å². The minimum atomic E-state index is -4.48. The number of amides is 1. The van der Waals surface area contributed by atoms with Crippen LogP contribution < -0.4 is 16.2 Å². The van der Waals surface area contributed by atoms with Gasteiger partial charge in [-0.15, -0.1) is 0 Å². The normalized spacial score (nSPS) is 18.6. The highest BCUT2D eigenvalue weighted by Gasteiger charge is 2.33. The molecule has 0 spiro atoms.